The molecule has 3 N–H and O–H groups in total. The van der Waals surface area contributed by atoms with Crippen molar-refractivity contribution in [1.82, 2.24) is 25.3 Å². The molecule has 8 rings (SSSR count). The first-order chi connectivity index (χ1) is 24.8. The van der Waals surface area contributed by atoms with Crippen LogP contribution in [-0.2, 0) is 9.53 Å². The first kappa shape index (κ1) is 34.7. The Morgan fingerprint density at radius 3 is 1.86 bits per heavy atom. The summed E-state index contributed by atoms with van der Waals surface area (Å²) in [6.07, 6.45) is 3.09. The molecule has 0 spiro atoms. The number of anilines is 1. The van der Waals surface area contributed by atoms with Crippen molar-refractivity contribution in [2.45, 2.75) is 37.8 Å². The lowest BCUT2D eigenvalue weighted by molar-refractivity contribution is -0.130. The summed E-state index contributed by atoms with van der Waals surface area (Å²) in [6, 6.07) is 25.2. The number of halogens is 3. The van der Waals surface area contributed by atoms with Gasteiger partial charge in [0.15, 0.2) is 11.6 Å². The maximum atomic E-state index is 12.4. The van der Waals surface area contributed by atoms with Gasteiger partial charge in [0.1, 0.15) is 28.6 Å². The molecule has 2 fully saturated rings. The van der Waals surface area contributed by atoms with Crippen LogP contribution in [0.1, 0.15) is 25.7 Å². The Morgan fingerprint density at radius 2 is 1.27 bits per heavy atom. The molecule has 13 heteroatoms. The Kier molecular flexibility index (Phi) is 10.4. The molecule has 0 aliphatic carbocycles. The first-order valence-corrected chi connectivity index (χ1v) is 17.7. The van der Waals surface area contributed by atoms with Gasteiger partial charge in [-0.1, -0.05) is 71.2 Å². The monoisotopic (exact) mass is 742 g/mol. The van der Waals surface area contributed by atoms with E-state index in [0.29, 0.717) is 50.1 Å². The zero-order valence-electron chi connectivity index (χ0n) is 27.3. The Bertz CT molecular complexity index is 2180. The number of carbonyl (C=O) groups is 1. The summed E-state index contributed by atoms with van der Waals surface area (Å²) in [5, 5.41) is 26.3. The maximum Gasteiger partial charge on any atom is 0.249 e. The number of nitrogens with one attached hydrogen (secondary N) is 1. The van der Waals surface area contributed by atoms with Gasteiger partial charge < -0.3 is 25.2 Å². The average Bonchev–Trinajstić information content (AvgIpc) is 3.68. The van der Waals surface area contributed by atoms with E-state index < -0.39 is 0 Å². The molecule has 4 heterocycles. The normalized spacial score (nSPS) is 16.2. The molecule has 2 saturated heterocycles. The molecule has 2 aliphatic heterocycles. The van der Waals surface area contributed by atoms with Gasteiger partial charge in [-0.2, -0.15) is 0 Å². The Hall–Kier alpha value is -4.74. The fourth-order valence-electron chi connectivity index (χ4n) is 6.34. The smallest absolute Gasteiger partial charge is 0.249 e. The van der Waals surface area contributed by atoms with Gasteiger partial charge in [-0.25, -0.2) is 19.9 Å². The average molecular weight is 744 g/mol. The summed E-state index contributed by atoms with van der Waals surface area (Å²) in [5.41, 5.74) is 2.31. The molecule has 1 atom stereocenters. The molecular weight excluding hydrogens is 711 g/mol. The summed E-state index contributed by atoms with van der Waals surface area (Å²) >= 11 is 18.6. The van der Waals surface area contributed by atoms with Crippen LogP contribution in [0.3, 0.4) is 0 Å². The van der Waals surface area contributed by atoms with Crippen LogP contribution in [0.15, 0.2) is 84.9 Å². The minimum Gasteiger partial charge on any atom is -0.507 e. The molecule has 6 aromatic rings. The van der Waals surface area contributed by atoms with Crippen LogP contribution in [0.4, 0.5) is 5.82 Å². The van der Waals surface area contributed by atoms with Gasteiger partial charge in [0.25, 0.3) is 0 Å². The number of aromatic hydroxyl groups is 2. The van der Waals surface area contributed by atoms with Gasteiger partial charge in [-0.05, 0) is 74.2 Å². The lowest BCUT2D eigenvalue weighted by Crippen LogP contribution is -2.47. The predicted octanol–water partition coefficient (Wildman–Crippen LogP) is 8.23. The number of piperidine rings is 1. The van der Waals surface area contributed by atoms with Crippen molar-refractivity contribution < 1.29 is 19.7 Å². The lowest BCUT2D eigenvalue weighted by atomic mass is 10.0. The van der Waals surface area contributed by atoms with E-state index in [-0.39, 0.29) is 29.6 Å². The summed E-state index contributed by atoms with van der Waals surface area (Å²) < 4.78 is 5.50. The second kappa shape index (κ2) is 15.2. The number of phenolic OH excluding ortho intramolecular Hbond substituents is 2. The quantitative estimate of drug-likeness (QED) is 0.149. The first-order valence-electron chi connectivity index (χ1n) is 16.6. The fourth-order valence-corrected chi connectivity index (χ4v) is 7.09. The summed E-state index contributed by atoms with van der Waals surface area (Å²) in [7, 11) is 0. The molecule has 1 amide bonds. The van der Waals surface area contributed by atoms with Crippen molar-refractivity contribution in [2.75, 3.05) is 24.6 Å². The molecule has 51 heavy (non-hydrogen) atoms. The number of para-hydroxylation sites is 2. The van der Waals surface area contributed by atoms with Crippen molar-refractivity contribution in [2.24, 2.45) is 0 Å². The third kappa shape index (κ3) is 7.50. The Labute approximate surface area is 309 Å². The predicted molar refractivity (Wildman–Crippen MR) is 201 cm³/mol. The lowest BCUT2D eigenvalue weighted by Gasteiger charge is -2.34. The third-order valence-corrected chi connectivity index (χ3v) is 9.85. The molecule has 0 radical (unpaired) electrons. The Morgan fingerprint density at radius 1 is 0.706 bits per heavy atom. The number of hydrogen-bond donors (Lipinski definition) is 3. The molecule has 0 bridgehead atoms. The molecular formula is C38H33Cl3N6O4. The summed E-state index contributed by atoms with van der Waals surface area (Å²) in [6.45, 7) is 2.18. The van der Waals surface area contributed by atoms with Gasteiger partial charge in [0, 0.05) is 36.5 Å². The SMILES string of the molecule is O=C(NC1CCN(c2nc(-c3c(O)cccc3Cl)nc3ccccc23)CC1)[C@H]1CCCO1.Oc1cccc(Cl)c1-c1nc(Cl)c2ccccc2n1. The topological polar surface area (TPSA) is 134 Å². The number of fused-ring (bicyclic) bond motifs is 2. The zero-order chi connectivity index (χ0) is 35.5. The van der Waals surface area contributed by atoms with Gasteiger partial charge in [-0.15, -0.1) is 0 Å². The zero-order valence-corrected chi connectivity index (χ0v) is 29.5. The second-order valence-corrected chi connectivity index (χ2v) is 13.5. The van der Waals surface area contributed by atoms with E-state index in [1.54, 1.807) is 30.3 Å². The van der Waals surface area contributed by atoms with E-state index >= 15 is 0 Å². The highest BCUT2D eigenvalue weighted by Gasteiger charge is 2.29. The molecule has 4 aromatic carbocycles. The van der Waals surface area contributed by atoms with Crippen LogP contribution in [0.25, 0.3) is 44.6 Å². The number of rotatable bonds is 5. The Balaban J connectivity index is 0.000000182. The van der Waals surface area contributed by atoms with Crippen LogP contribution in [0.5, 0.6) is 11.5 Å². The number of benzene rings is 4. The highest BCUT2D eigenvalue weighted by Crippen LogP contribution is 2.37. The number of aromatic nitrogens is 4. The second-order valence-electron chi connectivity index (χ2n) is 12.3. The summed E-state index contributed by atoms with van der Waals surface area (Å²) in [5.74, 6) is 1.61. The number of phenols is 2. The molecule has 0 unspecified atom stereocenters. The van der Waals surface area contributed by atoms with Crippen LogP contribution >= 0.6 is 34.8 Å². The van der Waals surface area contributed by atoms with E-state index in [1.165, 1.54) is 6.07 Å². The van der Waals surface area contributed by atoms with Gasteiger partial charge in [0.2, 0.25) is 5.91 Å². The molecule has 2 aromatic heterocycles. The fraction of sp³-hybridized carbons (Fsp3) is 0.237. The highest BCUT2D eigenvalue weighted by atomic mass is 35.5. The van der Waals surface area contributed by atoms with Crippen molar-refractivity contribution in [1.29, 1.82) is 0 Å². The van der Waals surface area contributed by atoms with Crippen LogP contribution in [-0.4, -0.2) is 67.9 Å². The number of amides is 1. The standard InChI is InChI=1S/C24H25ClN4O3.C14H8Cl2N2O/c25-17-6-3-8-19(30)21(17)22-27-18-7-2-1-5-16(18)23(28-22)29-12-10-15(11-13-29)26-24(31)20-9-4-14-32-20;15-9-5-3-7-11(19)12(9)14-17-10-6-2-1-4-8(10)13(16)18-14/h1-3,5-8,15,20,30H,4,9-14H2,(H,26,31);1-7,19H/t20-;/m1./s1. The molecule has 2 aliphatic rings. The van der Waals surface area contributed by atoms with E-state index in [1.807, 2.05) is 48.5 Å². The maximum absolute atomic E-state index is 12.4. The minimum atomic E-state index is -0.301. The minimum absolute atomic E-state index is 0.00455. The van der Waals surface area contributed by atoms with E-state index in [4.69, 9.17) is 44.5 Å². The van der Waals surface area contributed by atoms with E-state index in [2.05, 4.69) is 25.2 Å². The van der Waals surface area contributed by atoms with Crippen molar-refractivity contribution in [3.63, 3.8) is 0 Å². The van der Waals surface area contributed by atoms with Crippen molar-refractivity contribution in [3.8, 4) is 34.3 Å². The van der Waals surface area contributed by atoms with Crippen LogP contribution in [0.2, 0.25) is 15.2 Å². The summed E-state index contributed by atoms with van der Waals surface area (Å²) in [4.78, 5) is 32.7. The van der Waals surface area contributed by atoms with E-state index in [9.17, 15) is 15.0 Å². The van der Waals surface area contributed by atoms with E-state index in [0.717, 1.165) is 60.9 Å². The van der Waals surface area contributed by atoms with Gasteiger partial charge in [0.05, 0.1) is 32.2 Å². The van der Waals surface area contributed by atoms with Gasteiger partial charge in [-0.3, -0.25) is 4.79 Å². The number of ether oxygens (including phenoxy) is 1. The molecule has 260 valence electrons. The van der Waals surface area contributed by atoms with Crippen LogP contribution in [0, 0.1) is 0 Å². The molecule has 10 nitrogen and oxygen atoms in total. The number of hydrogen-bond acceptors (Lipinski definition) is 9. The largest absolute Gasteiger partial charge is 0.507 e. The van der Waals surface area contributed by atoms with Crippen molar-refractivity contribution >= 4 is 68.3 Å². The van der Waals surface area contributed by atoms with Crippen molar-refractivity contribution in [3.05, 3.63) is 100 Å². The number of nitrogens with zero attached hydrogens (tertiary/aromatic N) is 5. The highest BCUT2D eigenvalue weighted by molar-refractivity contribution is 6.35. The van der Waals surface area contributed by atoms with Crippen LogP contribution < -0.4 is 10.2 Å². The molecule has 0 saturated carbocycles. The van der Waals surface area contributed by atoms with Gasteiger partial charge >= 0.3 is 0 Å². The number of carbonyl (C=O) groups excluding carboxylic acids is 1. The third-order valence-electron chi connectivity index (χ3n) is 8.93.